The lowest BCUT2D eigenvalue weighted by molar-refractivity contribution is 0.356. The summed E-state index contributed by atoms with van der Waals surface area (Å²) >= 11 is 6.18. The maximum Gasteiger partial charge on any atom is 0.163 e. The van der Waals surface area contributed by atoms with Gasteiger partial charge in [-0.05, 0) is 18.6 Å². The number of halogens is 1. The number of imidazole rings is 1. The van der Waals surface area contributed by atoms with Gasteiger partial charge in [0, 0.05) is 22.7 Å². The minimum Gasteiger partial charge on any atom is -0.493 e. The average molecular weight is 303 g/mol. The average Bonchev–Trinajstić information content (AvgIpc) is 2.90. The van der Waals surface area contributed by atoms with Gasteiger partial charge in [0.2, 0.25) is 0 Å². The first-order valence-electron chi connectivity index (χ1n) is 6.51. The van der Waals surface area contributed by atoms with Gasteiger partial charge in [0.15, 0.2) is 11.5 Å². The quantitative estimate of drug-likeness (QED) is 0.788. The lowest BCUT2D eigenvalue weighted by Gasteiger charge is -2.06. The molecule has 3 aromatic rings. The molecule has 0 fully saturated rings. The molecule has 0 spiro atoms. The Morgan fingerprint density at radius 1 is 1.10 bits per heavy atom. The Labute approximate surface area is 127 Å². The molecule has 0 amide bonds. The second-order valence-corrected chi connectivity index (χ2v) is 5.13. The highest BCUT2D eigenvalue weighted by Crippen LogP contribution is 2.33. The van der Waals surface area contributed by atoms with E-state index in [0.29, 0.717) is 11.5 Å². The van der Waals surface area contributed by atoms with Crippen LogP contribution in [-0.4, -0.2) is 24.2 Å². The highest BCUT2D eigenvalue weighted by atomic mass is 35.5. The van der Waals surface area contributed by atoms with Gasteiger partial charge in [-0.25, -0.2) is 4.98 Å². The number of aromatic nitrogens is 2. The third-order valence-electron chi connectivity index (χ3n) is 3.51. The zero-order valence-electron chi connectivity index (χ0n) is 12.0. The Morgan fingerprint density at radius 3 is 2.52 bits per heavy atom. The number of hydrogen-bond donors (Lipinski definition) is 1. The molecule has 0 radical (unpaired) electrons. The van der Waals surface area contributed by atoms with E-state index in [1.54, 1.807) is 14.2 Å². The molecule has 0 saturated carbocycles. The van der Waals surface area contributed by atoms with E-state index in [-0.39, 0.29) is 0 Å². The van der Waals surface area contributed by atoms with E-state index in [9.17, 15) is 0 Å². The third-order valence-corrected chi connectivity index (χ3v) is 3.92. The van der Waals surface area contributed by atoms with Crippen LogP contribution in [0.25, 0.3) is 22.4 Å². The summed E-state index contributed by atoms with van der Waals surface area (Å²) in [4.78, 5) is 7.92. The van der Waals surface area contributed by atoms with E-state index in [0.717, 1.165) is 33.0 Å². The summed E-state index contributed by atoms with van der Waals surface area (Å²) in [5.74, 6) is 2.11. The molecule has 3 rings (SSSR count). The molecule has 0 atom stereocenters. The molecule has 21 heavy (non-hydrogen) atoms. The molecular weight excluding hydrogens is 288 g/mol. The van der Waals surface area contributed by atoms with Crippen LogP contribution < -0.4 is 9.47 Å². The van der Waals surface area contributed by atoms with E-state index in [1.807, 2.05) is 37.3 Å². The van der Waals surface area contributed by atoms with Gasteiger partial charge in [0.1, 0.15) is 5.82 Å². The number of fused-ring (bicyclic) bond motifs is 1. The largest absolute Gasteiger partial charge is 0.493 e. The molecule has 0 aliphatic carbocycles. The topological polar surface area (TPSA) is 47.1 Å². The fraction of sp³-hybridized carbons (Fsp3) is 0.188. The molecular formula is C16H15ClN2O2. The number of benzene rings is 2. The van der Waals surface area contributed by atoms with Gasteiger partial charge >= 0.3 is 0 Å². The molecule has 4 nitrogen and oxygen atoms in total. The lowest BCUT2D eigenvalue weighted by atomic mass is 10.1. The van der Waals surface area contributed by atoms with Gasteiger partial charge in [-0.1, -0.05) is 23.7 Å². The molecule has 108 valence electrons. The van der Waals surface area contributed by atoms with Gasteiger partial charge in [-0.3, -0.25) is 0 Å². The summed E-state index contributed by atoms with van der Waals surface area (Å²) in [6.45, 7) is 1.98. The number of nitrogens with zero attached hydrogens (tertiary/aromatic N) is 1. The number of rotatable bonds is 3. The van der Waals surface area contributed by atoms with Crippen molar-refractivity contribution in [3.05, 3.63) is 40.9 Å². The number of aromatic amines is 1. The molecule has 0 bridgehead atoms. The Bertz CT molecular complexity index is 770. The standard InChI is InChI=1S/C16H15ClN2O2/c1-9-10(5-4-6-11(9)17)16-18-12-7-14(20-2)15(21-3)8-13(12)19-16/h4-8H,1-3H3,(H,18,19). The van der Waals surface area contributed by atoms with Crippen LogP contribution in [0.1, 0.15) is 5.56 Å². The maximum atomic E-state index is 6.18. The molecule has 0 aliphatic rings. The first-order valence-corrected chi connectivity index (χ1v) is 6.89. The van der Waals surface area contributed by atoms with Gasteiger partial charge in [0.25, 0.3) is 0 Å². The van der Waals surface area contributed by atoms with Crippen molar-refractivity contribution in [1.29, 1.82) is 0 Å². The van der Waals surface area contributed by atoms with Crippen molar-refractivity contribution in [3.8, 4) is 22.9 Å². The van der Waals surface area contributed by atoms with Gasteiger partial charge in [-0.15, -0.1) is 0 Å². The van der Waals surface area contributed by atoms with Crippen molar-refractivity contribution in [3.63, 3.8) is 0 Å². The number of H-pyrrole nitrogens is 1. The highest BCUT2D eigenvalue weighted by molar-refractivity contribution is 6.31. The zero-order valence-corrected chi connectivity index (χ0v) is 12.8. The summed E-state index contributed by atoms with van der Waals surface area (Å²) in [7, 11) is 3.22. The van der Waals surface area contributed by atoms with Crippen LogP contribution in [0.2, 0.25) is 5.02 Å². The first kappa shape index (κ1) is 13.8. The SMILES string of the molecule is COc1cc2nc(-c3cccc(Cl)c3C)[nH]c2cc1OC. The molecule has 1 N–H and O–H groups in total. The molecule has 0 aliphatic heterocycles. The molecule has 1 aromatic heterocycles. The number of hydrogen-bond acceptors (Lipinski definition) is 3. The van der Waals surface area contributed by atoms with Crippen LogP contribution in [0.4, 0.5) is 0 Å². The zero-order chi connectivity index (χ0) is 15.0. The summed E-state index contributed by atoms with van der Waals surface area (Å²) < 4.78 is 10.6. The Morgan fingerprint density at radius 2 is 1.81 bits per heavy atom. The highest BCUT2D eigenvalue weighted by Gasteiger charge is 2.13. The van der Waals surface area contributed by atoms with Gasteiger partial charge in [-0.2, -0.15) is 0 Å². The Kier molecular flexibility index (Phi) is 3.47. The predicted octanol–water partition coefficient (Wildman–Crippen LogP) is 4.21. The molecule has 2 aromatic carbocycles. The van der Waals surface area contributed by atoms with E-state index < -0.39 is 0 Å². The number of methoxy groups -OCH3 is 2. The van der Waals surface area contributed by atoms with Crippen molar-refractivity contribution in [2.24, 2.45) is 0 Å². The second-order valence-electron chi connectivity index (χ2n) is 4.72. The monoisotopic (exact) mass is 302 g/mol. The van der Waals surface area contributed by atoms with Crippen molar-refractivity contribution in [2.45, 2.75) is 6.92 Å². The first-order chi connectivity index (χ1) is 10.1. The van der Waals surface area contributed by atoms with Crippen molar-refractivity contribution < 1.29 is 9.47 Å². The van der Waals surface area contributed by atoms with E-state index in [2.05, 4.69) is 9.97 Å². The molecule has 0 unspecified atom stereocenters. The van der Waals surface area contributed by atoms with Crippen LogP contribution in [0.3, 0.4) is 0 Å². The summed E-state index contributed by atoms with van der Waals surface area (Å²) in [5, 5.41) is 0.725. The Hall–Kier alpha value is -2.20. The maximum absolute atomic E-state index is 6.18. The van der Waals surface area contributed by atoms with Gasteiger partial charge in [0.05, 0.1) is 25.3 Å². The normalized spacial score (nSPS) is 10.9. The summed E-state index contributed by atoms with van der Waals surface area (Å²) in [6, 6.07) is 9.51. The smallest absolute Gasteiger partial charge is 0.163 e. The third kappa shape index (κ3) is 2.32. The van der Waals surface area contributed by atoms with Crippen LogP contribution >= 0.6 is 11.6 Å². The van der Waals surface area contributed by atoms with Crippen molar-refractivity contribution >= 4 is 22.6 Å². The summed E-state index contributed by atoms with van der Waals surface area (Å²) in [6.07, 6.45) is 0. The summed E-state index contributed by atoms with van der Waals surface area (Å²) in [5.41, 5.74) is 3.69. The minimum absolute atomic E-state index is 0.658. The van der Waals surface area contributed by atoms with E-state index in [1.165, 1.54) is 0 Å². The fourth-order valence-corrected chi connectivity index (χ4v) is 2.50. The van der Waals surface area contributed by atoms with E-state index >= 15 is 0 Å². The molecule has 1 heterocycles. The number of ether oxygens (including phenoxy) is 2. The molecule has 0 saturated heterocycles. The minimum atomic E-state index is 0.658. The van der Waals surface area contributed by atoms with Crippen LogP contribution in [0.15, 0.2) is 30.3 Å². The van der Waals surface area contributed by atoms with Gasteiger partial charge < -0.3 is 14.5 Å². The van der Waals surface area contributed by atoms with Crippen molar-refractivity contribution in [1.82, 2.24) is 9.97 Å². The lowest BCUT2D eigenvalue weighted by Crippen LogP contribution is -1.89. The number of nitrogens with one attached hydrogen (secondary N) is 1. The van der Waals surface area contributed by atoms with Crippen LogP contribution in [-0.2, 0) is 0 Å². The van der Waals surface area contributed by atoms with E-state index in [4.69, 9.17) is 21.1 Å². The molecule has 5 heteroatoms. The van der Waals surface area contributed by atoms with Crippen LogP contribution in [0, 0.1) is 6.92 Å². The fourth-order valence-electron chi connectivity index (χ4n) is 2.33. The van der Waals surface area contributed by atoms with Crippen molar-refractivity contribution in [2.75, 3.05) is 14.2 Å². The second kappa shape index (κ2) is 5.30. The Balaban J connectivity index is 2.19. The predicted molar refractivity (Wildman–Crippen MR) is 84.4 cm³/mol. The van der Waals surface area contributed by atoms with Crippen LogP contribution in [0.5, 0.6) is 11.5 Å².